The number of halogens is 9. The van der Waals surface area contributed by atoms with Crippen LogP contribution in [-0.4, -0.2) is 50.4 Å². The van der Waals surface area contributed by atoms with Crippen molar-refractivity contribution >= 4 is 0 Å². The molecule has 0 fully saturated rings. The minimum absolute atomic E-state index is 0.0410. The molecule has 0 unspecified atom stereocenters. The fourth-order valence-corrected chi connectivity index (χ4v) is 0.897. The van der Waals surface area contributed by atoms with Gasteiger partial charge in [0.15, 0.2) is 0 Å². The second kappa shape index (κ2) is 8.03. The Bertz CT molecular complexity index is 287. The van der Waals surface area contributed by atoms with E-state index >= 15 is 0 Å². The van der Waals surface area contributed by atoms with E-state index in [1.807, 2.05) is 0 Å². The molecule has 0 aliphatic carbocycles. The van der Waals surface area contributed by atoms with Gasteiger partial charge in [-0.1, -0.05) is 0 Å². The van der Waals surface area contributed by atoms with Gasteiger partial charge in [-0.2, -0.15) is 18.1 Å². The van der Waals surface area contributed by atoms with Crippen molar-refractivity contribution in [1.29, 1.82) is 0 Å². The topological polar surface area (TPSA) is 27.7 Å². The first-order valence-corrected chi connectivity index (χ1v) is 5.25. The third kappa shape index (κ3) is 5.87. The lowest BCUT2D eigenvalue weighted by Crippen LogP contribution is -2.51. The highest BCUT2D eigenvalue weighted by atomic mass is 19.4. The first-order chi connectivity index (χ1) is 9.48. The quantitative estimate of drug-likeness (QED) is 0.279. The third-order valence-electron chi connectivity index (χ3n) is 2.07. The summed E-state index contributed by atoms with van der Waals surface area (Å²) in [5, 5.41) is 0. The van der Waals surface area contributed by atoms with Crippen molar-refractivity contribution in [3.8, 4) is 0 Å². The summed E-state index contributed by atoms with van der Waals surface area (Å²) in [6.45, 7) is -3.35. The Morgan fingerprint density at radius 2 is 1.33 bits per heavy atom. The summed E-state index contributed by atoms with van der Waals surface area (Å²) < 4.78 is 115. The van der Waals surface area contributed by atoms with Gasteiger partial charge >= 0.3 is 6.18 Å². The molecule has 0 bridgehead atoms. The molecule has 0 aromatic rings. The maximum Gasteiger partial charge on any atom is 0.445 e. The lowest BCUT2D eigenvalue weighted by molar-refractivity contribution is -0.513. The van der Waals surface area contributed by atoms with Gasteiger partial charge in [-0.3, -0.25) is 0 Å². The highest BCUT2D eigenvalue weighted by Crippen LogP contribution is 2.36. The predicted octanol–water partition coefficient (Wildman–Crippen LogP) is 3.44. The highest BCUT2D eigenvalue weighted by molar-refractivity contribution is 4.75. The summed E-state index contributed by atoms with van der Waals surface area (Å²) in [5.41, 5.74) is 0. The van der Waals surface area contributed by atoms with Gasteiger partial charge in [-0.05, 0) is 0 Å². The number of rotatable bonds is 9. The van der Waals surface area contributed by atoms with Gasteiger partial charge in [-0.15, -0.1) is 0 Å². The van der Waals surface area contributed by atoms with Crippen LogP contribution in [-0.2, 0) is 14.5 Å². The minimum Gasteiger partial charge on any atom is -0.332 e. The van der Waals surface area contributed by atoms with Crippen molar-refractivity contribution in [2.75, 3.05) is 13.3 Å². The predicted molar refractivity (Wildman–Crippen MR) is 49.2 cm³/mol. The smallest absolute Gasteiger partial charge is 0.332 e. The van der Waals surface area contributed by atoms with Crippen LogP contribution in [0.15, 0.2) is 0 Å². The summed E-state index contributed by atoms with van der Waals surface area (Å²) in [7, 11) is 0. The van der Waals surface area contributed by atoms with Crippen LogP contribution >= 0.6 is 0 Å². The average molecular weight is 338 g/mol. The molecule has 0 saturated heterocycles. The van der Waals surface area contributed by atoms with Crippen molar-refractivity contribution in [3.05, 3.63) is 0 Å². The molecule has 0 aromatic heterocycles. The van der Waals surface area contributed by atoms with Crippen LogP contribution in [0.1, 0.15) is 6.92 Å². The molecule has 12 heteroatoms. The second-order valence-electron chi connectivity index (χ2n) is 3.81. The van der Waals surface area contributed by atoms with E-state index in [0.29, 0.717) is 0 Å². The molecule has 1 atom stereocenters. The molecule has 0 radical (unpaired) electrons. The van der Waals surface area contributed by atoms with Crippen molar-refractivity contribution in [1.82, 2.24) is 0 Å². The molecule has 0 aromatic carbocycles. The van der Waals surface area contributed by atoms with Gasteiger partial charge in [0.25, 0.3) is 18.6 Å². The first-order valence-electron chi connectivity index (χ1n) is 5.25. The Labute approximate surface area is 112 Å². The zero-order valence-electron chi connectivity index (χ0n) is 10.4. The summed E-state index contributed by atoms with van der Waals surface area (Å²) in [6.07, 6.45) is -18.7. The standard InChI is InChI=1S/C9H11F9O3/c1-8(9(16,17)18,19-4(2-10)3-11)21-20-5(6(12)13)7(14)15/h4-7H,2-3H2,1H3/t8-/m0/s1. The minimum atomic E-state index is -5.50. The fourth-order valence-electron chi connectivity index (χ4n) is 0.897. The van der Waals surface area contributed by atoms with E-state index in [2.05, 4.69) is 14.5 Å². The summed E-state index contributed by atoms with van der Waals surface area (Å²) in [5.74, 6) is -3.90. The fraction of sp³-hybridized carbons (Fsp3) is 1.00. The van der Waals surface area contributed by atoms with Crippen molar-refractivity contribution < 1.29 is 54.0 Å². The summed E-state index contributed by atoms with van der Waals surface area (Å²) >= 11 is 0. The molecular weight excluding hydrogens is 327 g/mol. The van der Waals surface area contributed by atoms with Crippen LogP contribution in [0.5, 0.6) is 0 Å². The van der Waals surface area contributed by atoms with Crippen LogP contribution in [0.2, 0.25) is 0 Å². The highest BCUT2D eigenvalue weighted by Gasteiger charge is 2.57. The van der Waals surface area contributed by atoms with Crippen LogP contribution in [0.25, 0.3) is 0 Å². The van der Waals surface area contributed by atoms with E-state index < -0.39 is 50.4 Å². The van der Waals surface area contributed by atoms with Crippen molar-refractivity contribution in [3.63, 3.8) is 0 Å². The third-order valence-corrected chi connectivity index (χ3v) is 2.07. The zero-order valence-corrected chi connectivity index (χ0v) is 10.4. The number of alkyl halides is 9. The molecule has 0 saturated carbocycles. The second-order valence-corrected chi connectivity index (χ2v) is 3.81. The van der Waals surface area contributed by atoms with E-state index in [1.165, 1.54) is 0 Å². The van der Waals surface area contributed by atoms with E-state index in [1.54, 1.807) is 0 Å². The number of hydrogen-bond donors (Lipinski definition) is 0. The SMILES string of the molecule is C[C@@](OOC(C(F)F)C(F)F)(OC(CF)CF)C(F)(F)F. The van der Waals surface area contributed by atoms with Crippen LogP contribution in [0.4, 0.5) is 39.5 Å². The molecule has 3 nitrogen and oxygen atoms in total. The molecule has 0 N–H and O–H groups in total. The maximum atomic E-state index is 12.6. The first kappa shape index (κ1) is 20.2. The molecule has 21 heavy (non-hydrogen) atoms. The van der Waals surface area contributed by atoms with Crippen molar-refractivity contribution in [2.24, 2.45) is 0 Å². The Morgan fingerprint density at radius 3 is 1.62 bits per heavy atom. The van der Waals surface area contributed by atoms with Crippen molar-refractivity contribution in [2.45, 2.75) is 43.9 Å². The molecule has 0 spiro atoms. The molecule has 0 heterocycles. The average Bonchev–Trinajstić information content (AvgIpc) is 2.33. The zero-order chi connectivity index (χ0) is 16.8. The largest absolute Gasteiger partial charge is 0.445 e. The monoisotopic (exact) mass is 338 g/mol. The molecule has 0 aliphatic heterocycles. The molecule has 128 valence electrons. The molecule has 0 rings (SSSR count). The van der Waals surface area contributed by atoms with Gasteiger partial charge in [0.05, 0.1) is 0 Å². The molecular formula is C9H11F9O3. The summed E-state index contributed by atoms with van der Waals surface area (Å²) in [4.78, 5) is 6.83. The Balaban J connectivity index is 5.01. The molecule has 0 aliphatic rings. The maximum absolute atomic E-state index is 12.6. The lowest BCUT2D eigenvalue weighted by Gasteiger charge is -2.33. The van der Waals surface area contributed by atoms with Gasteiger partial charge in [0.1, 0.15) is 19.5 Å². The number of ether oxygens (including phenoxy) is 1. The Kier molecular flexibility index (Phi) is 7.75. The van der Waals surface area contributed by atoms with Crippen LogP contribution in [0, 0.1) is 0 Å². The van der Waals surface area contributed by atoms with E-state index in [0.717, 1.165) is 0 Å². The number of hydrogen-bond acceptors (Lipinski definition) is 3. The Hall–Kier alpha value is -0.750. The van der Waals surface area contributed by atoms with Gasteiger partial charge in [0, 0.05) is 6.92 Å². The van der Waals surface area contributed by atoms with Gasteiger partial charge in [-0.25, -0.2) is 31.2 Å². The summed E-state index contributed by atoms with van der Waals surface area (Å²) in [6, 6.07) is 0. The Morgan fingerprint density at radius 1 is 0.905 bits per heavy atom. The van der Waals surface area contributed by atoms with Gasteiger partial charge in [0.2, 0.25) is 6.10 Å². The molecule has 0 amide bonds. The normalized spacial score (nSPS) is 16.3. The van der Waals surface area contributed by atoms with E-state index in [9.17, 15) is 39.5 Å². The van der Waals surface area contributed by atoms with Crippen LogP contribution in [0.3, 0.4) is 0 Å². The van der Waals surface area contributed by atoms with Crippen LogP contribution < -0.4 is 0 Å². The van der Waals surface area contributed by atoms with Gasteiger partial charge < -0.3 is 4.74 Å². The lowest BCUT2D eigenvalue weighted by atomic mass is 10.3. The van der Waals surface area contributed by atoms with E-state index in [-0.39, 0.29) is 6.92 Å². The van der Waals surface area contributed by atoms with E-state index in [4.69, 9.17) is 0 Å².